The maximum atomic E-state index is 11.3. The van der Waals surface area contributed by atoms with Crippen LogP contribution in [0.1, 0.15) is 36.9 Å². The van der Waals surface area contributed by atoms with Gasteiger partial charge >= 0.3 is 0 Å². The average molecular weight is 283 g/mol. The molecule has 19 heavy (non-hydrogen) atoms. The molecule has 106 valence electrons. The number of sulfone groups is 1. The van der Waals surface area contributed by atoms with Gasteiger partial charge in [0.05, 0.1) is 5.75 Å². The van der Waals surface area contributed by atoms with Crippen LogP contribution >= 0.6 is 0 Å². The van der Waals surface area contributed by atoms with E-state index in [1.54, 1.807) is 6.07 Å². The number of rotatable bonds is 4. The van der Waals surface area contributed by atoms with Crippen molar-refractivity contribution in [3.05, 3.63) is 29.3 Å². The van der Waals surface area contributed by atoms with Gasteiger partial charge in [-0.15, -0.1) is 0 Å². The molecule has 0 saturated carbocycles. The van der Waals surface area contributed by atoms with Crippen LogP contribution in [-0.4, -0.2) is 31.6 Å². The van der Waals surface area contributed by atoms with Crippen LogP contribution in [0.2, 0.25) is 0 Å². The molecule has 0 radical (unpaired) electrons. The van der Waals surface area contributed by atoms with Gasteiger partial charge in [0.15, 0.2) is 0 Å². The van der Waals surface area contributed by atoms with Crippen LogP contribution in [0.4, 0.5) is 0 Å². The number of phenolic OH excluding ortho intramolecular Hbond substituents is 1. The molecule has 1 aliphatic rings. The smallest absolute Gasteiger partial charge is 0.148 e. The zero-order valence-electron chi connectivity index (χ0n) is 11.4. The van der Waals surface area contributed by atoms with E-state index in [9.17, 15) is 13.5 Å². The first-order chi connectivity index (χ1) is 8.85. The summed E-state index contributed by atoms with van der Waals surface area (Å²) in [5.74, 6) is 0.445. The molecule has 2 unspecified atom stereocenters. The number of hydrogen-bond acceptors (Lipinski definition) is 4. The fourth-order valence-electron chi connectivity index (χ4n) is 2.82. The van der Waals surface area contributed by atoms with Crippen LogP contribution in [0.3, 0.4) is 0 Å². The van der Waals surface area contributed by atoms with Crippen molar-refractivity contribution in [2.75, 3.05) is 12.0 Å². The Morgan fingerprint density at radius 2 is 2.21 bits per heavy atom. The summed E-state index contributed by atoms with van der Waals surface area (Å²) in [5.41, 5.74) is 2.35. The van der Waals surface area contributed by atoms with Crippen LogP contribution in [0.5, 0.6) is 5.75 Å². The molecular formula is C14H21NO3S. The first-order valence-corrected chi connectivity index (χ1v) is 8.67. The predicted octanol–water partition coefficient (Wildman–Crippen LogP) is 1.79. The van der Waals surface area contributed by atoms with E-state index in [0.29, 0.717) is 5.75 Å². The van der Waals surface area contributed by atoms with Crippen LogP contribution < -0.4 is 5.32 Å². The lowest BCUT2D eigenvalue weighted by Crippen LogP contribution is -2.37. The highest BCUT2D eigenvalue weighted by atomic mass is 32.2. The average Bonchev–Trinajstić information content (AvgIpc) is 2.26. The van der Waals surface area contributed by atoms with Gasteiger partial charge in [-0.1, -0.05) is 6.07 Å². The van der Waals surface area contributed by atoms with Gasteiger partial charge in [-0.05, 0) is 49.4 Å². The minimum absolute atomic E-state index is 0.0697. The third-order valence-corrected chi connectivity index (χ3v) is 4.58. The minimum Gasteiger partial charge on any atom is -0.508 e. The third kappa shape index (κ3) is 3.94. The van der Waals surface area contributed by atoms with E-state index in [4.69, 9.17) is 0 Å². The van der Waals surface area contributed by atoms with E-state index in [0.717, 1.165) is 24.8 Å². The fourth-order valence-corrected chi connectivity index (χ4v) is 3.82. The van der Waals surface area contributed by atoms with E-state index >= 15 is 0 Å². The normalized spacial score (nSPS) is 20.8. The lowest BCUT2D eigenvalue weighted by molar-refractivity contribution is 0.419. The molecule has 4 nitrogen and oxygen atoms in total. The molecule has 2 rings (SSSR count). The monoisotopic (exact) mass is 283 g/mol. The Balaban J connectivity index is 2.11. The highest BCUT2D eigenvalue weighted by Gasteiger charge is 2.22. The van der Waals surface area contributed by atoms with Crippen molar-refractivity contribution in [2.45, 2.75) is 38.3 Å². The fraction of sp³-hybridized carbons (Fsp3) is 0.571. The number of hydrogen-bond donors (Lipinski definition) is 2. The van der Waals surface area contributed by atoms with E-state index in [1.165, 1.54) is 11.8 Å². The van der Waals surface area contributed by atoms with E-state index in [2.05, 4.69) is 5.32 Å². The largest absolute Gasteiger partial charge is 0.508 e. The summed E-state index contributed by atoms with van der Waals surface area (Å²) >= 11 is 0. The lowest BCUT2D eigenvalue weighted by atomic mass is 9.87. The Kier molecular flexibility index (Phi) is 4.16. The van der Waals surface area contributed by atoms with Crippen LogP contribution in [0.15, 0.2) is 18.2 Å². The molecule has 0 heterocycles. The van der Waals surface area contributed by atoms with Crippen molar-refractivity contribution >= 4 is 9.84 Å². The molecule has 1 aromatic rings. The Hall–Kier alpha value is -1.07. The number of benzene rings is 1. The zero-order valence-corrected chi connectivity index (χ0v) is 12.2. The number of aromatic hydroxyl groups is 1. The molecule has 5 heteroatoms. The van der Waals surface area contributed by atoms with Crippen molar-refractivity contribution in [1.29, 1.82) is 0 Å². The van der Waals surface area contributed by atoms with E-state index < -0.39 is 9.84 Å². The summed E-state index contributed by atoms with van der Waals surface area (Å²) in [6, 6.07) is 5.56. The molecule has 0 saturated heterocycles. The second kappa shape index (κ2) is 5.51. The second-order valence-electron chi connectivity index (χ2n) is 5.49. The van der Waals surface area contributed by atoms with E-state index in [-0.39, 0.29) is 17.8 Å². The lowest BCUT2D eigenvalue weighted by Gasteiger charge is -2.29. The molecular weight excluding hydrogens is 262 g/mol. The Bertz CT molecular complexity index is 554. The molecule has 0 amide bonds. The molecule has 2 N–H and O–H groups in total. The number of fused-ring (bicyclic) bond motifs is 1. The van der Waals surface area contributed by atoms with Crippen molar-refractivity contribution < 1.29 is 13.5 Å². The predicted molar refractivity (Wildman–Crippen MR) is 76.1 cm³/mol. The van der Waals surface area contributed by atoms with Crippen LogP contribution in [0, 0.1) is 0 Å². The first kappa shape index (κ1) is 14.3. The zero-order chi connectivity index (χ0) is 14.0. The van der Waals surface area contributed by atoms with Gasteiger partial charge in [0.25, 0.3) is 0 Å². The number of nitrogens with one attached hydrogen (secondary N) is 1. The summed E-state index contributed by atoms with van der Waals surface area (Å²) in [4.78, 5) is 0. The Morgan fingerprint density at radius 1 is 1.47 bits per heavy atom. The van der Waals surface area contributed by atoms with Gasteiger partial charge in [-0.25, -0.2) is 8.42 Å². The standard InChI is InChI=1S/C14H21NO3S/c1-10(9-19(2,17)18)15-14-5-3-4-11-8-12(16)6-7-13(11)14/h6-8,10,14-16H,3-5,9H2,1-2H3. The molecule has 1 aliphatic carbocycles. The summed E-state index contributed by atoms with van der Waals surface area (Å²) in [5, 5.41) is 12.9. The first-order valence-electron chi connectivity index (χ1n) is 6.61. The molecule has 0 fully saturated rings. The van der Waals surface area contributed by atoms with Gasteiger partial charge in [0.2, 0.25) is 0 Å². The minimum atomic E-state index is -2.96. The van der Waals surface area contributed by atoms with Gasteiger partial charge in [0.1, 0.15) is 15.6 Å². The maximum absolute atomic E-state index is 11.3. The van der Waals surface area contributed by atoms with Gasteiger partial charge in [-0.2, -0.15) is 0 Å². The molecule has 2 atom stereocenters. The highest BCUT2D eigenvalue weighted by Crippen LogP contribution is 2.32. The third-order valence-electron chi connectivity index (χ3n) is 3.48. The van der Waals surface area contributed by atoms with Gasteiger partial charge < -0.3 is 10.4 Å². The molecule has 1 aromatic carbocycles. The van der Waals surface area contributed by atoms with Gasteiger partial charge in [-0.3, -0.25) is 0 Å². The number of phenols is 1. The van der Waals surface area contributed by atoms with Crippen molar-refractivity contribution in [3.63, 3.8) is 0 Å². The molecule has 0 bridgehead atoms. The van der Waals surface area contributed by atoms with Gasteiger partial charge in [0, 0.05) is 18.3 Å². The highest BCUT2D eigenvalue weighted by molar-refractivity contribution is 7.90. The quantitative estimate of drug-likeness (QED) is 0.884. The summed E-state index contributed by atoms with van der Waals surface area (Å²) in [6.45, 7) is 1.90. The van der Waals surface area contributed by atoms with Crippen LogP contribution in [-0.2, 0) is 16.3 Å². The Labute approximate surface area is 114 Å². The Morgan fingerprint density at radius 3 is 2.89 bits per heavy atom. The topological polar surface area (TPSA) is 66.4 Å². The molecule has 0 spiro atoms. The van der Waals surface area contributed by atoms with Crippen LogP contribution in [0.25, 0.3) is 0 Å². The number of aryl methyl sites for hydroxylation is 1. The van der Waals surface area contributed by atoms with E-state index in [1.807, 2.05) is 19.1 Å². The molecule has 0 aromatic heterocycles. The summed E-state index contributed by atoms with van der Waals surface area (Å²) < 4.78 is 22.6. The van der Waals surface area contributed by atoms with Crippen molar-refractivity contribution in [3.8, 4) is 5.75 Å². The summed E-state index contributed by atoms with van der Waals surface area (Å²) in [6.07, 6.45) is 4.30. The SMILES string of the molecule is CC(CS(C)(=O)=O)NC1CCCc2cc(O)ccc21. The summed E-state index contributed by atoms with van der Waals surface area (Å²) in [7, 11) is -2.96. The molecule has 0 aliphatic heterocycles. The maximum Gasteiger partial charge on any atom is 0.148 e. The van der Waals surface area contributed by atoms with Crippen molar-refractivity contribution in [1.82, 2.24) is 5.32 Å². The second-order valence-corrected chi connectivity index (χ2v) is 7.67. The van der Waals surface area contributed by atoms with Crippen molar-refractivity contribution in [2.24, 2.45) is 0 Å².